The number of carbonyl (C=O) groups excluding carboxylic acids is 1. The van der Waals surface area contributed by atoms with E-state index in [2.05, 4.69) is 27.7 Å². The lowest BCUT2D eigenvalue weighted by molar-refractivity contribution is -0.210. The highest BCUT2D eigenvalue weighted by Gasteiger charge is 2.67. The first kappa shape index (κ1) is 24.4. The SMILES string of the molecule is CC(C)C(C(=O)O)N1Cc2c(cc(O)c3c2OC2(C3)C(C)CCC3C(C)(C)C(O)CCC32C)C1=O. The molecule has 2 aliphatic carbocycles. The number of benzene rings is 1. The number of amides is 1. The van der Waals surface area contributed by atoms with Crippen LogP contribution in [0.3, 0.4) is 0 Å². The predicted molar refractivity (Wildman–Crippen MR) is 130 cm³/mol. The third-order valence-electron chi connectivity index (χ3n) is 10.3. The van der Waals surface area contributed by atoms with E-state index in [-0.39, 0.29) is 52.9 Å². The number of ether oxygens (including phenoxy) is 1. The van der Waals surface area contributed by atoms with Gasteiger partial charge in [-0.3, -0.25) is 4.79 Å². The molecule has 1 amide bonds. The average Bonchev–Trinajstić information content (AvgIpc) is 3.31. The third-order valence-corrected chi connectivity index (χ3v) is 10.3. The summed E-state index contributed by atoms with van der Waals surface area (Å²) in [7, 11) is 0. The minimum Gasteiger partial charge on any atom is -0.508 e. The fourth-order valence-corrected chi connectivity index (χ4v) is 8.29. The molecular formula is C28H39NO6. The van der Waals surface area contributed by atoms with Crippen LogP contribution < -0.4 is 4.74 Å². The van der Waals surface area contributed by atoms with E-state index in [9.17, 15) is 24.9 Å². The van der Waals surface area contributed by atoms with E-state index in [0.717, 1.165) is 24.8 Å². The molecule has 0 bridgehead atoms. The Labute approximate surface area is 207 Å². The van der Waals surface area contributed by atoms with E-state index < -0.39 is 17.6 Å². The molecule has 7 nitrogen and oxygen atoms in total. The van der Waals surface area contributed by atoms with Crippen LogP contribution in [0.15, 0.2) is 6.07 Å². The zero-order chi connectivity index (χ0) is 25.7. The lowest BCUT2D eigenvalue weighted by atomic mass is 9.43. The zero-order valence-corrected chi connectivity index (χ0v) is 21.7. The van der Waals surface area contributed by atoms with E-state index in [1.54, 1.807) is 13.8 Å². The fourth-order valence-electron chi connectivity index (χ4n) is 8.29. The quantitative estimate of drug-likeness (QED) is 0.587. The van der Waals surface area contributed by atoms with Crippen LogP contribution >= 0.6 is 0 Å². The van der Waals surface area contributed by atoms with E-state index >= 15 is 0 Å². The minimum absolute atomic E-state index is 0.0512. The Morgan fingerprint density at radius 3 is 2.49 bits per heavy atom. The molecule has 6 unspecified atom stereocenters. The molecule has 6 atom stereocenters. The Balaban J connectivity index is 1.59. The standard InChI is InChI=1S/C28H39NO6/c1-14(2)22(25(33)34)29-13-18-16(24(29)32)11-19(30)17-12-28(35-23(17)18)15(3)7-8-20-26(4,5)21(31)9-10-27(20,28)6/h11,14-15,20-22,30-31H,7-10,12-13H2,1-6H3,(H,33,34). The highest BCUT2D eigenvalue weighted by atomic mass is 16.5. The maximum atomic E-state index is 13.3. The molecule has 1 aromatic rings. The molecule has 2 heterocycles. The van der Waals surface area contributed by atoms with Gasteiger partial charge in [-0.2, -0.15) is 0 Å². The first-order chi connectivity index (χ1) is 16.3. The van der Waals surface area contributed by atoms with Gasteiger partial charge in [-0.15, -0.1) is 0 Å². The number of hydrogen-bond donors (Lipinski definition) is 3. The van der Waals surface area contributed by atoms with E-state index in [0.29, 0.717) is 29.7 Å². The Kier molecular flexibility index (Phi) is 5.31. The van der Waals surface area contributed by atoms with Gasteiger partial charge in [-0.05, 0) is 54.9 Å². The van der Waals surface area contributed by atoms with Crippen molar-refractivity contribution in [1.29, 1.82) is 0 Å². The summed E-state index contributed by atoms with van der Waals surface area (Å²) in [4.78, 5) is 26.7. The van der Waals surface area contributed by atoms with Gasteiger partial charge in [-0.1, -0.05) is 41.5 Å². The van der Waals surface area contributed by atoms with Crippen LogP contribution in [0.5, 0.6) is 11.5 Å². The number of aliphatic carboxylic acids is 1. The number of aliphatic hydroxyl groups is 1. The normalized spacial score (nSPS) is 36.1. The number of rotatable bonds is 3. The summed E-state index contributed by atoms with van der Waals surface area (Å²) in [6.45, 7) is 12.6. The monoisotopic (exact) mass is 485 g/mol. The molecular weight excluding hydrogens is 446 g/mol. The van der Waals surface area contributed by atoms with Gasteiger partial charge >= 0.3 is 5.97 Å². The van der Waals surface area contributed by atoms with Crippen molar-refractivity contribution in [3.05, 3.63) is 22.8 Å². The van der Waals surface area contributed by atoms with Gasteiger partial charge < -0.3 is 25.0 Å². The molecule has 0 radical (unpaired) electrons. The van der Waals surface area contributed by atoms with Crippen LogP contribution in [0.4, 0.5) is 0 Å². The molecule has 4 aliphatic rings. The molecule has 192 valence electrons. The second-order valence-corrected chi connectivity index (χ2v) is 12.7. The van der Waals surface area contributed by atoms with E-state index in [1.165, 1.54) is 11.0 Å². The smallest absolute Gasteiger partial charge is 0.326 e. The van der Waals surface area contributed by atoms with Crippen molar-refractivity contribution in [2.45, 2.75) is 97.9 Å². The largest absolute Gasteiger partial charge is 0.508 e. The van der Waals surface area contributed by atoms with Crippen LogP contribution in [0.1, 0.15) is 88.7 Å². The molecule has 3 N–H and O–H groups in total. The van der Waals surface area contributed by atoms with Crippen molar-refractivity contribution in [3.63, 3.8) is 0 Å². The maximum absolute atomic E-state index is 13.3. The second-order valence-electron chi connectivity index (χ2n) is 12.7. The number of carboxylic acid groups (broad SMARTS) is 1. The Bertz CT molecular complexity index is 1100. The van der Waals surface area contributed by atoms with Crippen molar-refractivity contribution in [1.82, 2.24) is 4.90 Å². The number of aromatic hydroxyl groups is 1. The van der Waals surface area contributed by atoms with Crippen molar-refractivity contribution < 1.29 is 29.6 Å². The minimum atomic E-state index is -1.03. The third kappa shape index (κ3) is 3.06. The van der Waals surface area contributed by atoms with Crippen LogP contribution in [0, 0.1) is 28.6 Å². The zero-order valence-electron chi connectivity index (χ0n) is 21.7. The van der Waals surface area contributed by atoms with Crippen molar-refractivity contribution in [2.24, 2.45) is 28.6 Å². The number of hydrogen-bond acceptors (Lipinski definition) is 5. The van der Waals surface area contributed by atoms with Gasteiger partial charge in [0.1, 0.15) is 23.1 Å². The topological polar surface area (TPSA) is 107 Å². The highest BCUT2D eigenvalue weighted by molar-refractivity contribution is 6.02. The summed E-state index contributed by atoms with van der Waals surface area (Å²) in [5.41, 5.74) is 0.751. The van der Waals surface area contributed by atoms with Gasteiger partial charge in [-0.25, -0.2) is 4.79 Å². The molecule has 7 heteroatoms. The average molecular weight is 486 g/mol. The predicted octanol–water partition coefficient (Wildman–Crippen LogP) is 4.36. The van der Waals surface area contributed by atoms with Gasteiger partial charge in [0.2, 0.25) is 0 Å². The van der Waals surface area contributed by atoms with E-state index in [1.807, 2.05) is 0 Å². The van der Waals surface area contributed by atoms with Gasteiger partial charge in [0.15, 0.2) is 0 Å². The number of nitrogens with zero attached hydrogens (tertiary/aromatic N) is 1. The highest BCUT2D eigenvalue weighted by Crippen LogP contribution is 2.67. The van der Waals surface area contributed by atoms with E-state index in [4.69, 9.17) is 4.74 Å². The molecule has 1 spiro atoms. The van der Waals surface area contributed by atoms with Gasteiger partial charge in [0.05, 0.1) is 18.2 Å². The maximum Gasteiger partial charge on any atom is 0.326 e. The number of carbonyl (C=O) groups is 2. The van der Waals surface area contributed by atoms with Crippen LogP contribution in [0.2, 0.25) is 0 Å². The molecule has 0 aromatic heterocycles. The van der Waals surface area contributed by atoms with Crippen LogP contribution in [0.25, 0.3) is 0 Å². The summed E-state index contributed by atoms with van der Waals surface area (Å²) < 4.78 is 7.00. The number of carboxylic acids is 1. The number of aliphatic hydroxyl groups excluding tert-OH is 1. The fraction of sp³-hybridized carbons (Fsp3) is 0.714. The van der Waals surface area contributed by atoms with Crippen LogP contribution in [-0.2, 0) is 17.8 Å². The summed E-state index contributed by atoms with van der Waals surface area (Å²) in [5, 5.41) is 31.8. The molecule has 2 saturated carbocycles. The molecule has 1 aromatic carbocycles. The first-order valence-corrected chi connectivity index (χ1v) is 13.0. The summed E-state index contributed by atoms with van der Waals surface area (Å²) >= 11 is 0. The summed E-state index contributed by atoms with van der Waals surface area (Å²) in [6.07, 6.45) is 3.73. The molecule has 0 saturated heterocycles. The summed E-state index contributed by atoms with van der Waals surface area (Å²) in [6, 6.07) is 0.569. The lowest BCUT2D eigenvalue weighted by Gasteiger charge is -2.64. The molecule has 5 rings (SSSR count). The van der Waals surface area contributed by atoms with Crippen LogP contribution in [-0.4, -0.2) is 49.8 Å². The van der Waals surface area contributed by atoms with Crippen molar-refractivity contribution in [2.75, 3.05) is 0 Å². The Morgan fingerprint density at radius 2 is 1.86 bits per heavy atom. The first-order valence-electron chi connectivity index (χ1n) is 13.0. The molecule has 2 fully saturated rings. The van der Waals surface area contributed by atoms with Gasteiger partial charge in [0, 0.05) is 23.0 Å². The summed E-state index contributed by atoms with van der Waals surface area (Å²) in [5.74, 6) is -0.543. The van der Waals surface area contributed by atoms with Gasteiger partial charge in [0.25, 0.3) is 5.91 Å². The molecule has 2 aliphatic heterocycles. The van der Waals surface area contributed by atoms with Crippen molar-refractivity contribution in [3.8, 4) is 11.5 Å². The Hall–Kier alpha value is -2.28. The Morgan fingerprint density at radius 1 is 1.17 bits per heavy atom. The second kappa shape index (κ2) is 7.61. The molecule has 35 heavy (non-hydrogen) atoms. The van der Waals surface area contributed by atoms with Crippen molar-refractivity contribution >= 4 is 11.9 Å². The number of fused-ring (bicyclic) bond motifs is 5. The number of phenolic OH excluding ortho intramolecular Hbond substituents is 1. The lowest BCUT2D eigenvalue weighted by Crippen LogP contribution is -2.66. The number of phenols is 1.